The maximum atomic E-state index is 11.7. The van der Waals surface area contributed by atoms with Crippen LogP contribution in [0.5, 0.6) is 0 Å². The zero-order valence-electron chi connectivity index (χ0n) is 10.2. The Hall–Kier alpha value is -1.84. The van der Waals surface area contributed by atoms with Crippen LogP contribution in [0.15, 0.2) is 30.3 Å². The van der Waals surface area contributed by atoms with E-state index < -0.39 is 0 Å². The second-order valence-corrected chi connectivity index (χ2v) is 4.04. The fourth-order valence-corrected chi connectivity index (χ4v) is 1.35. The molecule has 0 unspecified atom stereocenters. The van der Waals surface area contributed by atoms with Gasteiger partial charge in [0.1, 0.15) is 0 Å². The van der Waals surface area contributed by atoms with Crippen molar-refractivity contribution in [1.82, 2.24) is 10.6 Å². The lowest BCUT2D eigenvalue weighted by molar-refractivity contribution is -0.125. The summed E-state index contributed by atoms with van der Waals surface area (Å²) in [6, 6.07) is 9.71. The standard InChI is InChI=1S/C13H18N2O2/c1-10(8-14-11(2)16)13(17)15-9-12-6-4-3-5-7-12/h3-7,10H,8-9H2,1-2H3,(H,14,16)(H,15,17)/t10-/m1/s1. The first-order valence-corrected chi connectivity index (χ1v) is 5.65. The zero-order valence-corrected chi connectivity index (χ0v) is 10.2. The van der Waals surface area contributed by atoms with Crippen molar-refractivity contribution < 1.29 is 9.59 Å². The highest BCUT2D eigenvalue weighted by atomic mass is 16.2. The highest BCUT2D eigenvalue weighted by molar-refractivity contribution is 5.79. The minimum absolute atomic E-state index is 0.0531. The quantitative estimate of drug-likeness (QED) is 0.800. The molecule has 0 saturated carbocycles. The highest BCUT2D eigenvalue weighted by Crippen LogP contribution is 1.99. The molecule has 1 aromatic rings. The fraction of sp³-hybridized carbons (Fsp3) is 0.385. The molecule has 0 heterocycles. The van der Waals surface area contributed by atoms with E-state index in [1.165, 1.54) is 6.92 Å². The topological polar surface area (TPSA) is 58.2 Å². The highest BCUT2D eigenvalue weighted by Gasteiger charge is 2.12. The smallest absolute Gasteiger partial charge is 0.224 e. The predicted octanol–water partition coefficient (Wildman–Crippen LogP) is 1.07. The predicted molar refractivity (Wildman–Crippen MR) is 66.1 cm³/mol. The van der Waals surface area contributed by atoms with Crippen molar-refractivity contribution in [1.29, 1.82) is 0 Å². The molecule has 0 aromatic heterocycles. The van der Waals surface area contributed by atoms with Crippen LogP contribution in [0.3, 0.4) is 0 Å². The summed E-state index contributed by atoms with van der Waals surface area (Å²) < 4.78 is 0. The second-order valence-electron chi connectivity index (χ2n) is 4.04. The third-order valence-corrected chi connectivity index (χ3v) is 2.41. The summed E-state index contributed by atoms with van der Waals surface area (Å²) in [5.74, 6) is -0.391. The number of amides is 2. The molecule has 4 nitrogen and oxygen atoms in total. The minimum Gasteiger partial charge on any atom is -0.356 e. The first-order chi connectivity index (χ1) is 8.09. The Kier molecular flexibility index (Phi) is 5.20. The lowest BCUT2D eigenvalue weighted by atomic mass is 10.1. The van der Waals surface area contributed by atoms with Gasteiger partial charge in [0.2, 0.25) is 11.8 Å². The molecule has 0 radical (unpaired) electrons. The van der Waals surface area contributed by atoms with Crippen molar-refractivity contribution in [2.24, 2.45) is 5.92 Å². The molecule has 0 bridgehead atoms. The maximum Gasteiger partial charge on any atom is 0.224 e. The normalized spacial score (nSPS) is 11.6. The van der Waals surface area contributed by atoms with Gasteiger partial charge < -0.3 is 10.6 Å². The van der Waals surface area contributed by atoms with E-state index in [0.717, 1.165) is 5.56 Å². The Morgan fingerprint density at radius 1 is 1.18 bits per heavy atom. The minimum atomic E-state index is -0.220. The average molecular weight is 234 g/mol. The van der Waals surface area contributed by atoms with E-state index in [2.05, 4.69) is 10.6 Å². The van der Waals surface area contributed by atoms with Gasteiger partial charge >= 0.3 is 0 Å². The number of carbonyl (C=O) groups excluding carboxylic acids is 2. The molecule has 17 heavy (non-hydrogen) atoms. The van der Waals surface area contributed by atoms with Gasteiger partial charge in [-0.2, -0.15) is 0 Å². The largest absolute Gasteiger partial charge is 0.356 e. The number of benzene rings is 1. The Labute approximate surface area is 101 Å². The van der Waals surface area contributed by atoms with Crippen LogP contribution in [0.1, 0.15) is 19.4 Å². The molecule has 0 saturated heterocycles. The van der Waals surface area contributed by atoms with E-state index >= 15 is 0 Å². The van der Waals surface area contributed by atoms with E-state index in [0.29, 0.717) is 13.1 Å². The molecule has 1 rings (SSSR count). The van der Waals surface area contributed by atoms with Gasteiger partial charge in [0.05, 0.1) is 5.92 Å². The van der Waals surface area contributed by atoms with Gasteiger partial charge in [-0.05, 0) is 5.56 Å². The molecule has 0 aliphatic rings. The van der Waals surface area contributed by atoms with Crippen molar-refractivity contribution in [2.45, 2.75) is 20.4 Å². The molecule has 0 aliphatic carbocycles. The van der Waals surface area contributed by atoms with Crippen molar-refractivity contribution in [3.63, 3.8) is 0 Å². The Bertz CT molecular complexity index is 376. The summed E-state index contributed by atoms with van der Waals surface area (Å²) >= 11 is 0. The monoisotopic (exact) mass is 234 g/mol. The van der Waals surface area contributed by atoms with Gasteiger partial charge in [-0.15, -0.1) is 0 Å². The van der Waals surface area contributed by atoms with Crippen LogP contribution in [0, 0.1) is 5.92 Å². The molecule has 1 aromatic carbocycles. The van der Waals surface area contributed by atoms with Gasteiger partial charge in [-0.1, -0.05) is 37.3 Å². The number of hydrogen-bond donors (Lipinski definition) is 2. The molecule has 0 aliphatic heterocycles. The summed E-state index contributed by atoms with van der Waals surface area (Å²) in [6.45, 7) is 4.12. The van der Waals surface area contributed by atoms with Crippen molar-refractivity contribution in [3.05, 3.63) is 35.9 Å². The molecule has 1 atom stereocenters. The average Bonchev–Trinajstić information content (AvgIpc) is 2.34. The van der Waals surface area contributed by atoms with Crippen LogP contribution in [0.25, 0.3) is 0 Å². The van der Waals surface area contributed by atoms with Gasteiger partial charge in [-0.25, -0.2) is 0 Å². The number of rotatable bonds is 5. The molecule has 2 amide bonds. The number of nitrogens with one attached hydrogen (secondary N) is 2. The Morgan fingerprint density at radius 3 is 2.41 bits per heavy atom. The molecule has 0 fully saturated rings. The molecule has 0 spiro atoms. The summed E-state index contributed by atoms with van der Waals surface area (Å²) in [7, 11) is 0. The second kappa shape index (κ2) is 6.68. The van der Waals surface area contributed by atoms with Crippen molar-refractivity contribution >= 4 is 11.8 Å². The van der Waals surface area contributed by atoms with E-state index in [1.54, 1.807) is 6.92 Å². The molecular weight excluding hydrogens is 216 g/mol. The Morgan fingerprint density at radius 2 is 1.82 bits per heavy atom. The summed E-state index contributed by atoms with van der Waals surface area (Å²) in [4.78, 5) is 22.4. The van der Waals surface area contributed by atoms with Crippen molar-refractivity contribution in [2.75, 3.05) is 6.54 Å². The summed E-state index contributed by atoms with van der Waals surface area (Å²) in [6.07, 6.45) is 0. The third-order valence-electron chi connectivity index (χ3n) is 2.41. The summed E-state index contributed by atoms with van der Waals surface area (Å²) in [5, 5.41) is 5.46. The third kappa shape index (κ3) is 5.15. The number of hydrogen-bond acceptors (Lipinski definition) is 2. The van der Waals surface area contributed by atoms with E-state index in [-0.39, 0.29) is 17.7 Å². The first-order valence-electron chi connectivity index (χ1n) is 5.65. The van der Waals surface area contributed by atoms with E-state index in [9.17, 15) is 9.59 Å². The van der Waals surface area contributed by atoms with Crippen LogP contribution < -0.4 is 10.6 Å². The zero-order chi connectivity index (χ0) is 12.7. The Balaban J connectivity index is 2.32. The van der Waals surface area contributed by atoms with Crippen LogP contribution in [-0.4, -0.2) is 18.4 Å². The molecule has 92 valence electrons. The summed E-state index contributed by atoms with van der Waals surface area (Å²) in [5.41, 5.74) is 1.06. The van der Waals surface area contributed by atoms with Crippen LogP contribution in [-0.2, 0) is 16.1 Å². The SMILES string of the molecule is CC(=O)NC[C@@H](C)C(=O)NCc1ccccc1. The van der Waals surface area contributed by atoms with Crippen molar-refractivity contribution in [3.8, 4) is 0 Å². The van der Waals surface area contributed by atoms with Crippen LogP contribution in [0.2, 0.25) is 0 Å². The lowest BCUT2D eigenvalue weighted by Gasteiger charge is -2.12. The van der Waals surface area contributed by atoms with E-state index in [1.807, 2.05) is 30.3 Å². The maximum absolute atomic E-state index is 11.7. The van der Waals surface area contributed by atoms with Gasteiger partial charge in [0.15, 0.2) is 0 Å². The van der Waals surface area contributed by atoms with Gasteiger partial charge in [0.25, 0.3) is 0 Å². The first kappa shape index (κ1) is 13.2. The van der Waals surface area contributed by atoms with E-state index in [4.69, 9.17) is 0 Å². The number of carbonyl (C=O) groups is 2. The van der Waals surface area contributed by atoms with Gasteiger partial charge in [0, 0.05) is 20.0 Å². The molecule has 4 heteroatoms. The molecular formula is C13H18N2O2. The van der Waals surface area contributed by atoms with Crippen LogP contribution in [0.4, 0.5) is 0 Å². The lowest BCUT2D eigenvalue weighted by Crippen LogP contribution is -2.36. The van der Waals surface area contributed by atoms with Gasteiger partial charge in [-0.3, -0.25) is 9.59 Å². The fourth-order valence-electron chi connectivity index (χ4n) is 1.35. The molecule has 2 N–H and O–H groups in total. The van der Waals surface area contributed by atoms with Crippen LogP contribution >= 0.6 is 0 Å².